The number of amides is 2. The maximum absolute atomic E-state index is 12.1. The van der Waals surface area contributed by atoms with Crippen LogP contribution in [0, 0.1) is 0 Å². The highest BCUT2D eigenvalue weighted by Gasteiger charge is 2.09. The molecule has 0 bridgehead atoms. The highest BCUT2D eigenvalue weighted by molar-refractivity contribution is 5.93. The molecule has 0 aliphatic carbocycles. The first-order valence-electron chi connectivity index (χ1n) is 7.96. The molecule has 0 fully saturated rings. The Morgan fingerprint density at radius 3 is 2.12 bits per heavy atom. The van der Waals surface area contributed by atoms with Crippen LogP contribution in [0.2, 0.25) is 0 Å². The van der Waals surface area contributed by atoms with Crippen molar-refractivity contribution in [2.75, 3.05) is 14.1 Å². The van der Waals surface area contributed by atoms with Gasteiger partial charge >= 0.3 is 6.61 Å². The van der Waals surface area contributed by atoms with E-state index in [0.717, 1.165) is 5.56 Å². The normalized spacial score (nSPS) is 10.5. The smallest absolute Gasteiger partial charge is 0.387 e. The van der Waals surface area contributed by atoms with Gasteiger partial charge in [-0.05, 0) is 35.4 Å². The van der Waals surface area contributed by atoms with Gasteiger partial charge in [-0.15, -0.1) is 0 Å². The third-order valence-corrected chi connectivity index (χ3v) is 3.61. The summed E-state index contributed by atoms with van der Waals surface area (Å²) in [6.07, 6.45) is 0.131. The molecular weight excluding hydrogens is 342 g/mol. The Kier molecular flexibility index (Phi) is 6.66. The van der Waals surface area contributed by atoms with Crippen molar-refractivity contribution in [3.05, 3.63) is 65.2 Å². The topological polar surface area (TPSA) is 58.6 Å². The summed E-state index contributed by atoms with van der Waals surface area (Å²) in [5, 5.41) is 2.78. The number of alkyl halides is 2. The van der Waals surface area contributed by atoms with E-state index in [1.54, 1.807) is 50.5 Å². The highest BCUT2D eigenvalue weighted by atomic mass is 19.3. The zero-order chi connectivity index (χ0) is 19.1. The number of ether oxygens (including phenoxy) is 1. The fraction of sp³-hybridized carbons (Fsp3) is 0.263. The number of halogens is 2. The van der Waals surface area contributed by atoms with Crippen molar-refractivity contribution in [1.29, 1.82) is 0 Å². The molecule has 0 saturated heterocycles. The van der Waals surface area contributed by atoms with Crippen molar-refractivity contribution in [2.45, 2.75) is 19.6 Å². The average molecular weight is 362 g/mol. The van der Waals surface area contributed by atoms with Gasteiger partial charge in [0.1, 0.15) is 5.75 Å². The predicted molar refractivity (Wildman–Crippen MR) is 93.1 cm³/mol. The fourth-order valence-corrected chi connectivity index (χ4v) is 2.26. The van der Waals surface area contributed by atoms with E-state index < -0.39 is 6.61 Å². The number of hydrogen-bond donors (Lipinski definition) is 1. The molecule has 0 spiro atoms. The van der Waals surface area contributed by atoms with Crippen LogP contribution in [0.3, 0.4) is 0 Å². The van der Waals surface area contributed by atoms with Gasteiger partial charge in [-0.3, -0.25) is 9.59 Å². The van der Waals surface area contributed by atoms with Gasteiger partial charge < -0.3 is 15.0 Å². The quantitative estimate of drug-likeness (QED) is 0.824. The first-order valence-corrected chi connectivity index (χ1v) is 7.96. The van der Waals surface area contributed by atoms with Crippen LogP contribution in [0.15, 0.2) is 48.5 Å². The van der Waals surface area contributed by atoms with Crippen LogP contribution in [0.25, 0.3) is 0 Å². The molecule has 0 aromatic heterocycles. The lowest BCUT2D eigenvalue weighted by atomic mass is 10.1. The summed E-state index contributed by atoms with van der Waals surface area (Å²) in [7, 11) is 3.37. The standard InChI is InChI=1S/C19H20F2N2O3/c1-23(2)18(25)15-7-3-14(4-8-15)12-22-17(24)11-13-5-9-16(10-6-13)26-19(20)21/h3-10,19H,11-12H2,1-2H3,(H,22,24). The van der Waals surface area contributed by atoms with E-state index in [1.807, 2.05) is 0 Å². The molecule has 138 valence electrons. The number of rotatable bonds is 7. The minimum atomic E-state index is -2.87. The molecule has 0 saturated carbocycles. The molecule has 5 nitrogen and oxygen atoms in total. The molecular formula is C19H20F2N2O3. The van der Waals surface area contributed by atoms with Crippen molar-refractivity contribution >= 4 is 11.8 Å². The molecule has 0 aliphatic heterocycles. The van der Waals surface area contributed by atoms with E-state index in [2.05, 4.69) is 10.1 Å². The van der Waals surface area contributed by atoms with Crippen molar-refractivity contribution in [1.82, 2.24) is 10.2 Å². The van der Waals surface area contributed by atoms with E-state index in [-0.39, 0.29) is 24.0 Å². The Morgan fingerprint density at radius 2 is 1.58 bits per heavy atom. The van der Waals surface area contributed by atoms with Gasteiger partial charge in [0.05, 0.1) is 6.42 Å². The molecule has 7 heteroatoms. The number of nitrogens with zero attached hydrogens (tertiary/aromatic N) is 1. The summed E-state index contributed by atoms with van der Waals surface area (Å²) < 4.78 is 28.4. The summed E-state index contributed by atoms with van der Waals surface area (Å²) in [5.74, 6) is -0.225. The summed E-state index contributed by atoms with van der Waals surface area (Å²) in [5.41, 5.74) is 2.14. The number of carbonyl (C=O) groups excluding carboxylic acids is 2. The molecule has 1 N–H and O–H groups in total. The molecule has 2 amide bonds. The van der Waals surface area contributed by atoms with Gasteiger partial charge in [-0.25, -0.2) is 0 Å². The lowest BCUT2D eigenvalue weighted by Crippen LogP contribution is -2.24. The molecule has 26 heavy (non-hydrogen) atoms. The SMILES string of the molecule is CN(C)C(=O)c1ccc(CNC(=O)Cc2ccc(OC(F)F)cc2)cc1. The minimum Gasteiger partial charge on any atom is -0.435 e. The minimum absolute atomic E-state index is 0.0523. The monoisotopic (exact) mass is 362 g/mol. The fourth-order valence-electron chi connectivity index (χ4n) is 2.26. The Hall–Kier alpha value is -2.96. The summed E-state index contributed by atoms with van der Waals surface area (Å²) in [4.78, 5) is 25.3. The molecule has 0 unspecified atom stereocenters. The van der Waals surface area contributed by atoms with Crippen LogP contribution < -0.4 is 10.1 Å². The maximum atomic E-state index is 12.1. The van der Waals surface area contributed by atoms with Crippen LogP contribution in [0.4, 0.5) is 8.78 Å². The first-order chi connectivity index (χ1) is 12.3. The third-order valence-electron chi connectivity index (χ3n) is 3.61. The van der Waals surface area contributed by atoms with E-state index in [1.165, 1.54) is 17.0 Å². The van der Waals surface area contributed by atoms with E-state index >= 15 is 0 Å². The molecule has 2 rings (SSSR count). The largest absolute Gasteiger partial charge is 0.435 e. The second kappa shape index (κ2) is 8.94. The molecule has 0 atom stereocenters. The number of hydrogen-bond acceptors (Lipinski definition) is 3. The Labute approximate surface area is 150 Å². The van der Waals surface area contributed by atoms with Crippen molar-refractivity contribution in [3.63, 3.8) is 0 Å². The number of nitrogens with one attached hydrogen (secondary N) is 1. The highest BCUT2D eigenvalue weighted by Crippen LogP contribution is 2.15. The van der Waals surface area contributed by atoms with Gasteiger partial charge in [0.25, 0.3) is 5.91 Å². The number of benzene rings is 2. The first kappa shape index (κ1) is 19.4. The van der Waals surface area contributed by atoms with Crippen LogP contribution >= 0.6 is 0 Å². The van der Waals surface area contributed by atoms with Crippen molar-refractivity contribution in [3.8, 4) is 5.75 Å². The Bertz CT molecular complexity index is 744. The molecule has 2 aromatic carbocycles. The molecule has 0 aliphatic rings. The van der Waals surface area contributed by atoms with Crippen LogP contribution in [-0.2, 0) is 17.8 Å². The van der Waals surface area contributed by atoms with Crippen molar-refractivity contribution < 1.29 is 23.1 Å². The molecule has 0 radical (unpaired) electrons. The average Bonchev–Trinajstić information content (AvgIpc) is 2.61. The van der Waals surface area contributed by atoms with Gasteiger partial charge in [0.15, 0.2) is 0 Å². The summed E-state index contributed by atoms with van der Waals surface area (Å²) in [6, 6.07) is 12.9. The number of carbonyl (C=O) groups is 2. The predicted octanol–water partition coefficient (Wildman–Crippen LogP) is 2.85. The Morgan fingerprint density at radius 1 is 1.00 bits per heavy atom. The van der Waals surface area contributed by atoms with Gasteiger partial charge in [-0.1, -0.05) is 24.3 Å². The van der Waals surface area contributed by atoms with Gasteiger partial charge in [0, 0.05) is 26.2 Å². The van der Waals surface area contributed by atoms with Crippen LogP contribution in [0.1, 0.15) is 21.5 Å². The maximum Gasteiger partial charge on any atom is 0.387 e. The second-order valence-electron chi connectivity index (χ2n) is 5.87. The van der Waals surface area contributed by atoms with Gasteiger partial charge in [0.2, 0.25) is 5.91 Å². The zero-order valence-corrected chi connectivity index (χ0v) is 14.5. The lowest BCUT2D eigenvalue weighted by molar-refractivity contribution is -0.120. The summed E-state index contributed by atoms with van der Waals surface area (Å²) >= 11 is 0. The second-order valence-corrected chi connectivity index (χ2v) is 5.87. The molecule has 2 aromatic rings. The summed E-state index contributed by atoms with van der Waals surface area (Å²) in [6.45, 7) is -2.54. The van der Waals surface area contributed by atoms with Crippen LogP contribution in [0.5, 0.6) is 5.75 Å². The van der Waals surface area contributed by atoms with E-state index in [4.69, 9.17) is 0 Å². The van der Waals surface area contributed by atoms with E-state index in [0.29, 0.717) is 17.7 Å². The van der Waals surface area contributed by atoms with Gasteiger partial charge in [-0.2, -0.15) is 8.78 Å². The van der Waals surface area contributed by atoms with Crippen LogP contribution in [-0.4, -0.2) is 37.4 Å². The lowest BCUT2D eigenvalue weighted by Gasteiger charge is -2.11. The molecule has 0 heterocycles. The third kappa shape index (κ3) is 5.84. The van der Waals surface area contributed by atoms with Crippen molar-refractivity contribution in [2.24, 2.45) is 0 Å². The van der Waals surface area contributed by atoms with E-state index in [9.17, 15) is 18.4 Å². The Balaban J connectivity index is 1.84. The zero-order valence-electron chi connectivity index (χ0n) is 14.5.